The van der Waals surface area contributed by atoms with Gasteiger partial charge in [-0.3, -0.25) is 4.79 Å². The molecule has 3 N–H and O–H groups in total. The van der Waals surface area contributed by atoms with Crippen LogP contribution in [0.15, 0.2) is 66.7 Å². The average molecular weight is 434 g/mol. The van der Waals surface area contributed by atoms with Crippen LogP contribution in [0.5, 0.6) is 0 Å². The summed E-state index contributed by atoms with van der Waals surface area (Å²) >= 11 is 1.29. The topological polar surface area (TPSA) is 86.5 Å². The van der Waals surface area contributed by atoms with E-state index in [1.54, 1.807) is 0 Å². The first-order valence-electron chi connectivity index (χ1n) is 9.80. The second kappa shape index (κ2) is 9.26. The number of carbonyl (C=O) groups excluding carboxylic acids is 1. The molecule has 31 heavy (non-hydrogen) atoms. The molecule has 0 aliphatic carbocycles. The fourth-order valence-electron chi connectivity index (χ4n) is 3.41. The summed E-state index contributed by atoms with van der Waals surface area (Å²) in [7, 11) is 3.05. The SMILES string of the molecule is COC(CNC(=O)c1sc2nc(-c3ccccc3)cc(-c3ccccc3)c2c1N)OC. The summed E-state index contributed by atoms with van der Waals surface area (Å²) in [6.07, 6.45) is -0.526. The third-order valence-electron chi connectivity index (χ3n) is 5.01. The Bertz CT molecular complexity index is 1190. The van der Waals surface area contributed by atoms with Gasteiger partial charge in [0, 0.05) is 25.2 Å². The maximum atomic E-state index is 12.9. The number of thiophene rings is 1. The fraction of sp³-hybridized carbons (Fsp3) is 0.167. The number of fused-ring (bicyclic) bond motifs is 1. The number of nitrogens with one attached hydrogen (secondary N) is 1. The molecule has 158 valence electrons. The highest BCUT2D eigenvalue weighted by atomic mass is 32.1. The van der Waals surface area contributed by atoms with Crippen molar-refractivity contribution >= 4 is 33.1 Å². The van der Waals surface area contributed by atoms with E-state index in [0.29, 0.717) is 10.6 Å². The van der Waals surface area contributed by atoms with E-state index >= 15 is 0 Å². The molecule has 0 aliphatic rings. The molecule has 0 saturated carbocycles. The Hall–Kier alpha value is -3.26. The molecule has 0 radical (unpaired) electrons. The van der Waals surface area contributed by atoms with E-state index in [1.165, 1.54) is 25.6 Å². The van der Waals surface area contributed by atoms with Crippen LogP contribution in [0.1, 0.15) is 9.67 Å². The molecule has 0 unspecified atom stereocenters. The van der Waals surface area contributed by atoms with Crippen molar-refractivity contribution in [2.75, 3.05) is 26.5 Å². The number of ether oxygens (including phenoxy) is 2. The van der Waals surface area contributed by atoms with E-state index in [4.69, 9.17) is 20.2 Å². The first-order valence-corrected chi connectivity index (χ1v) is 10.6. The van der Waals surface area contributed by atoms with Gasteiger partial charge in [-0.25, -0.2) is 4.98 Å². The number of pyridine rings is 1. The highest BCUT2D eigenvalue weighted by Gasteiger charge is 2.22. The van der Waals surface area contributed by atoms with Crippen LogP contribution in [0.4, 0.5) is 5.69 Å². The predicted molar refractivity (Wildman–Crippen MR) is 125 cm³/mol. The third-order valence-corrected chi connectivity index (χ3v) is 6.11. The van der Waals surface area contributed by atoms with Crippen molar-refractivity contribution in [3.05, 3.63) is 71.6 Å². The summed E-state index contributed by atoms with van der Waals surface area (Å²) in [6.45, 7) is 0.216. The number of hydrogen-bond acceptors (Lipinski definition) is 6. The van der Waals surface area contributed by atoms with Gasteiger partial charge in [0.05, 0.1) is 17.9 Å². The molecule has 1 amide bonds. The summed E-state index contributed by atoms with van der Waals surface area (Å²) in [5.41, 5.74) is 10.7. The smallest absolute Gasteiger partial charge is 0.263 e. The zero-order valence-electron chi connectivity index (χ0n) is 17.3. The number of anilines is 1. The minimum absolute atomic E-state index is 0.216. The molecule has 7 heteroatoms. The minimum atomic E-state index is -0.526. The number of nitrogen functional groups attached to an aromatic ring is 1. The maximum Gasteiger partial charge on any atom is 0.263 e. The van der Waals surface area contributed by atoms with Gasteiger partial charge in [-0.2, -0.15) is 0 Å². The highest BCUT2D eigenvalue weighted by Crippen LogP contribution is 2.41. The quantitative estimate of drug-likeness (QED) is 0.417. The number of methoxy groups -OCH3 is 2. The van der Waals surface area contributed by atoms with Crippen molar-refractivity contribution in [2.45, 2.75) is 6.29 Å². The molecule has 2 aromatic heterocycles. The summed E-state index contributed by atoms with van der Waals surface area (Å²) < 4.78 is 10.3. The molecule has 0 spiro atoms. The van der Waals surface area contributed by atoms with Crippen molar-refractivity contribution in [1.29, 1.82) is 0 Å². The number of aromatic nitrogens is 1. The number of benzene rings is 2. The van der Waals surface area contributed by atoms with E-state index < -0.39 is 6.29 Å². The average Bonchev–Trinajstić information content (AvgIpc) is 3.16. The number of carbonyl (C=O) groups is 1. The maximum absolute atomic E-state index is 12.9. The Morgan fingerprint density at radius 3 is 2.26 bits per heavy atom. The van der Waals surface area contributed by atoms with Gasteiger partial charge in [0.15, 0.2) is 6.29 Å². The standard InChI is InChI=1S/C24H23N3O3S/c1-29-19(30-2)14-26-23(28)22-21(25)20-17(15-9-5-3-6-10-15)13-18(27-24(20)31-22)16-11-7-4-8-12-16/h3-13,19H,14,25H2,1-2H3,(H,26,28). The van der Waals surface area contributed by atoms with Gasteiger partial charge in [0.2, 0.25) is 0 Å². The Morgan fingerprint density at radius 2 is 1.65 bits per heavy atom. The molecule has 4 rings (SSSR count). The van der Waals surface area contributed by atoms with Crippen LogP contribution in [-0.4, -0.2) is 37.9 Å². The van der Waals surface area contributed by atoms with Crippen molar-refractivity contribution < 1.29 is 14.3 Å². The van der Waals surface area contributed by atoms with Crippen LogP contribution in [0.2, 0.25) is 0 Å². The van der Waals surface area contributed by atoms with Gasteiger partial charge in [-0.1, -0.05) is 60.7 Å². The second-order valence-corrected chi connectivity index (χ2v) is 7.92. The zero-order chi connectivity index (χ0) is 21.8. The lowest BCUT2D eigenvalue weighted by Crippen LogP contribution is -2.34. The van der Waals surface area contributed by atoms with Crippen molar-refractivity contribution in [1.82, 2.24) is 10.3 Å². The van der Waals surface area contributed by atoms with E-state index in [0.717, 1.165) is 32.6 Å². The summed E-state index contributed by atoms with van der Waals surface area (Å²) in [5, 5.41) is 3.61. The van der Waals surface area contributed by atoms with Crippen LogP contribution in [0.25, 0.3) is 32.6 Å². The molecular formula is C24H23N3O3S. The van der Waals surface area contributed by atoms with Gasteiger partial charge < -0.3 is 20.5 Å². The summed E-state index contributed by atoms with van der Waals surface area (Å²) in [4.78, 5) is 18.8. The third kappa shape index (κ3) is 4.29. The van der Waals surface area contributed by atoms with E-state index in [1.807, 2.05) is 66.7 Å². The van der Waals surface area contributed by atoms with E-state index in [-0.39, 0.29) is 12.5 Å². The molecule has 0 saturated heterocycles. The number of rotatable bonds is 7. The van der Waals surface area contributed by atoms with Crippen molar-refractivity contribution in [3.63, 3.8) is 0 Å². The predicted octanol–water partition coefficient (Wildman–Crippen LogP) is 4.56. The monoisotopic (exact) mass is 433 g/mol. The molecule has 0 bridgehead atoms. The molecule has 4 aromatic rings. The first kappa shape index (κ1) is 21.0. The van der Waals surface area contributed by atoms with Crippen LogP contribution in [0, 0.1) is 0 Å². The van der Waals surface area contributed by atoms with Crippen LogP contribution in [-0.2, 0) is 9.47 Å². The number of nitrogens with zero attached hydrogens (tertiary/aromatic N) is 1. The zero-order valence-corrected chi connectivity index (χ0v) is 18.1. The molecule has 0 atom stereocenters. The Balaban J connectivity index is 1.83. The largest absolute Gasteiger partial charge is 0.397 e. The molecule has 0 fully saturated rings. The fourth-order valence-corrected chi connectivity index (χ4v) is 4.45. The van der Waals surface area contributed by atoms with E-state index in [9.17, 15) is 4.79 Å². The summed E-state index contributed by atoms with van der Waals surface area (Å²) in [6, 6.07) is 22.0. The van der Waals surface area contributed by atoms with Gasteiger partial charge in [-0.15, -0.1) is 11.3 Å². The number of amides is 1. The lowest BCUT2D eigenvalue weighted by atomic mass is 9.99. The van der Waals surface area contributed by atoms with Crippen LogP contribution in [0.3, 0.4) is 0 Å². The second-order valence-electron chi connectivity index (χ2n) is 6.92. The molecular weight excluding hydrogens is 410 g/mol. The number of nitrogens with two attached hydrogens (primary N) is 1. The molecule has 0 aliphatic heterocycles. The lowest BCUT2D eigenvalue weighted by Gasteiger charge is -2.13. The van der Waals surface area contributed by atoms with E-state index in [2.05, 4.69) is 5.32 Å². The van der Waals surface area contributed by atoms with Gasteiger partial charge in [-0.05, 0) is 17.2 Å². The van der Waals surface area contributed by atoms with Crippen LogP contribution < -0.4 is 11.1 Å². The minimum Gasteiger partial charge on any atom is -0.397 e. The first-order chi connectivity index (χ1) is 15.1. The van der Waals surface area contributed by atoms with Crippen molar-refractivity contribution in [2.24, 2.45) is 0 Å². The normalized spacial score (nSPS) is 11.2. The molecule has 6 nitrogen and oxygen atoms in total. The Morgan fingerprint density at radius 1 is 1.03 bits per heavy atom. The summed E-state index contributed by atoms with van der Waals surface area (Å²) in [5.74, 6) is -0.278. The Labute approximate surface area is 184 Å². The van der Waals surface area contributed by atoms with Gasteiger partial charge in [0.1, 0.15) is 9.71 Å². The lowest BCUT2D eigenvalue weighted by molar-refractivity contribution is -0.0974. The molecule has 2 heterocycles. The number of hydrogen-bond donors (Lipinski definition) is 2. The van der Waals surface area contributed by atoms with Crippen LogP contribution >= 0.6 is 11.3 Å². The van der Waals surface area contributed by atoms with Gasteiger partial charge in [0.25, 0.3) is 5.91 Å². The highest BCUT2D eigenvalue weighted by molar-refractivity contribution is 7.21. The van der Waals surface area contributed by atoms with Crippen molar-refractivity contribution in [3.8, 4) is 22.4 Å². The Kier molecular flexibility index (Phi) is 6.27. The molecule has 2 aromatic carbocycles. The van der Waals surface area contributed by atoms with Gasteiger partial charge >= 0.3 is 0 Å².